The summed E-state index contributed by atoms with van der Waals surface area (Å²) in [5, 5.41) is 3.38. The van der Waals surface area contributed by atoms with Crippen molar-refractivity contribution >= 4 is 39.1 Å². The smallest absolute Gasteiger partial charge is 0.242 e. The predicted octanol–water partition coefficient (Wildman–Crippen LogP) is 3.84. The topological polar surface area (TPSA) is 96.0 Å². The van der Waals surface area contributed by atoms with Gasteiger partial charge in [0.25, 0.3) is 0 Å². The first-order chi connectivity index (χ1) is 16.4. The van der Waals surface area contributed by atoms with Crippen LogP contribution in [0.15, 0.2) is 48.5 Å². The molecule has 2 aromatic carbocycles. The first-order valence-electron chi connectivity index (χ1n) is 11.4. The van der Waals surface area contributed by atoms with Crippen LogP contribution in [0.25, 0.3) is 0 Å². The molecule has 2 rings (SSSR count). The van der Waals surface area contributed by atoms with Crippen molar-refractivity contribution in [2.45, 2.75) is 52.2 Å². The minimum absolute atomic E-state index is 0.0653. The molecule has 0 aliphatic rings. The lowest BCUT2D eigenvalue weighted by Gasteiger charge is -2.30. The summed E-state index contributed by atoms with van der Waals surface area (Å²) >= 11 is 6.11. The van der Waals surface area contributed by atoms with Crippen LogP contribution in [0.5, 0.6) is 5.75 Å². The molecule has 0 radical (unpaired) electrons. The number of ether oxygens (including phenoxy) is 1. The van der Waals surface area contributed by atoms with Crippen LogP contribution in [-0.4, -0.2) is 57.1 Å². The van der Waals surface area contributed by atoms with Crippen LogP contribution >= 0.6 is 11.6 Å². The Bertz CT molecular complexity index is 1120. The zero-order valence-electron chi connectivity index (χ0n) is 20.8. The summed E-state index contributed by atoms with van der Waals surface area (Å²) in [4.78, 5) is 27.4. The van der Waals surface area contributed by atoms with Gasteiger partial charge >= 0.3 is 0 Å². The highest BCUT2D eigenvalue weighted by molar-refractivity contribution is 7.92. The highest BCUT2D eigenvalue weighted by atomic mass is 35.5. The number of nitrogens with one attached hydrogen (secondary N) is 1. The first-order valence-corrected chi connectivity index (χ1v) is 13.6. The summed E-state index contributed by atoms with van der Waals surface area (Å²) in [6.45, 7) is 5.70. The molecule has 0 saturated heterocycles. The van der Waals surface area contributed by atoms with Crippen molar-refractivity contribution < 1.29 is 22.7 Å². The van der Waals surface area contributed by atoms with E-state index >= 15 is 0 Å². The normalized spacial score (nSPS) is 12.2. The highest BCUT2D eigenvalue weighted by Crippen LogP contribution is 2.24. The summed E-state index contributed by atoms with van der Waals surface area (Å²) in [7, 11) is -2.08. The number of rotatable bonds is 12. The molecule has 192 valence electrons. The lowest BCUT2D eigenvalue weighted by atomic mass is 10.1. The van der Waals surface area contributed by atoms with Gasteiger partial charge in [-0.2, -0.15) is 0 Å². The van der Waals surface area contributed by atoms with E-state index in [1.54, 1.807) is 49.4 Å². The van der Waals surface area contributed by atoms with Crippen molar-refractivity contribution in [1.82, 2.24) is 10.2 Å². The molecule has 0 aliphatic carbocycles. The number of hydrogen-bond acceptors (Lipinski definition) is 5. The second-order valence-corrected chi connectivity index (χ2v) is 11.0. The van der Waals surface area contributed by atoms with Crippen molar-refractivity contribution in [3.63, 3.8) is 0 Å². The molecule has 0 heterocycles. The third-order valence-electron chi connectivity index (χ3n) is 5.33. The van der Waals surface area contributed by atoms with Gasteiger partial charge in [-0.25, -0.2) is 8.42 Å². The predicted molar refractivity (Wildman–Crippen MR) is 139 cm³/mol. The van der Waals surface area contributed by atoms with E-state index in [0.717, 1.165) is 11.8 Å². The van der Waals surface area contributed by atoms with E-state index in [-0.39, 0.29) is 43.8 Å². The fraction of sp³-hybridized carbons (Fsp3) is 0.440. The Hall–Kier alpha value is -2.78. The third kappa shape index (κ3) is 8.74. The van der Waals surface area contributed by atoms with E-state index in [1.165, 1.54) is 16.3 Å². The molecular weight excluding hydrogens is 490 g/mol. The van der Waals surface area contributed by atoms with Crippen LogP contribution in [-0.2, 0) is 26.2 Å². The highest BCUT2D eigenvalue weighted by Gasteiger charge is 2.27. The molecule has 0 bridgehead atoms. The SMILES string of the molecule is COc1cccc(N(CCCC(=O)N(Cc2cccc(Cl)c2)[C@@H](C)C(=O)NC(C)C)S(C)(=O)=O)c1. The van der Waals surface area contributed by atoms with Gasteiger partial charge in [0.15, 0.2) is 0 Å². The largest absolute Gasteiger partial charge is 0.497 e. The number of anilines is 1. The molecule has 0 aromatic heterocycles. The number of halogens is 1. The summed E-state index contributed by atoms with van der Waals surface area (Å²) in [6.07, 6.45) is 1.46. The average molecular weight is 524 g/mol. The minimum atomic E-state index is -3.58. The van der Waals surface area contributed by atoms with Crippen LogP contribution in [0.1, 0.15) is 39.2 Å². The molecule has 0 unspecified atom stereocenters. The monoisotopic (exact) mass is 523 g/mol. The number of carbonyl (C=O) groups is 2. The molecule has 0 saturated carbocycles. The number of benzene rings is 2. The van der Waals surface area contributed by atoms with E-state index < -0.39 is 16.1 Å². The second kappa shape index (κ2) is 12.8. The van der Waals surface area contributed by atoms with Crippen molar-refractivity contribution in [3.8, 4) is 5.75 Å². The van der Waals surface area contributed by atoms with Crippen molar-refractivity contribution in [3.05, 3.63) is 59.1 Å². The van der Waals surface area contributed by atoms with Crippen LogP contribution in [0.2, 0.25) is 5.02 Å². The number of sulfonamides is 1. The van der Waals surface area contributed by atoms with E-state index in [1.807, 2.05) is 19.9 Å². The molecule has 8 nitrogen and oxygen atoms in total. The summed E-state index contributed by atoms with van der Waals surface area (Å²) in [5.41, 5.74) is 1.25. The van der Waals surface area contributed by atoms with Gasteiger partial charge in [0.2, 0.25) is 21.8 Å². The molecule has 0 spiro atoms. The van der Waals surface area contributed by atoms with Crippen molar-refractivity contribution in [2.75, 3.05) is 24.2 Å². The Morgan fingerprint density at radius 3 is 2.37 bits per heavy atom. The molecule has 10 heteroatoms. The van der Waals surface area contributed by atoms with Crippen LogP contribution in [0, 0.1) is 0 Å². The Morgan fingerprint density at radius 1 is 1.09 bits per heavy atom. The van der Waals surface area contributed by atoms with Gasteiger partial charge < -0.3 is 15.0 Å². The van der Waals surface area contributed by atoms with Crippen molar-refractivity contribution in [2.24, 2.45) is 0 Å². The Labute approximate surface area is 213 Å². The molecule has 0 fully saturated rings. The van der Waals surface area contributed by atoms with Gasteiger partial charge in [-0.1, -0.05) is 29.8 Å². The zero-order valence-corrected chi connectivity index (χ0v) is 22.4. The number of amides is 2. The maximum absolute atomic E-state index is 13.3. The summed E-state index contributed by atoms with van der Waals surface area (Å²) in [6, 6.07) is 13.1. The molecule has 1 atom stereocenters. The minimum Gasteiger partial charge on any atom is -0.497 e. The quantitative estimate of drug-likeness (QED) is 0.456. The van der Waals surface area contributed by atoms with Crippen LogP contribution < -0.4 is 14.4 Å². The standard InChI is InChI=1S/C25H34ClN3O5S/c1-18(2)27-25(31)19(3)28(17-20-9-6-10-21(26)15-20)24(30)13-8-14-29(35(5,32)33)22-11-7-12-23(16-22)34-4/h6-7,9-12,15-16,18-19H,8,13-14,17H2,1-5H3,(H,27,31)/t19-/m0/s1. The molecule has 0 aliphatic heterocycles. The number of methoxy groups -OCH3 is 1. The molecule has 1 N–H and O–H groups in total. The van der Waals surface area contributed by atoms with E-state index in [2.05, 4.69) is 5.32 Å². The van der Waals surface area contributed by atoms with Gasteiger partial charge in [0.1, 0.15) is 11.8 Å². The fourth-order valence-electron chi connectivity index (χ4n) is 3.59. The fourth-order valence-corrected chi connectivity index (χ4v) is 4.76. The van der Waals surface area contributed by atoms with Gasteiger partial charge in [-0.15, -0.1) is 0 Å². The average Bonchev–Trinajstić information content (AvgIpc) is 2.78. The van der Waals surface area contributed by atoms with Crippen LogP contribution in [0.4, 0.5) is 5.69 Å². The third-order valence-corrected chi connectivity index (χ3v) is 6.76. The Balaban J connectivity index is 2.18. The van der Waals surface area contributed by atoms with E-state index in [0.29, 0.717) is 16.5 Å². The maximum Gasteiger partial charge on any atom is 0.242 e. The molecule has 35 heavy (non-hydrogen) atoms. The molecule has 2 aromatic rings. The van der Waals surface area contributed by atoms with Crippen molar-refractivity contribution in [1.29, 1.82) is 0 Å². The summed E-state index contributed by atoms with van der Waals surface area (Å²) in [5.74, 6) is 0.0184. The number of carbonyl (C=O) groups excluding carboxylic acids is 2. The molecular formula is C25H34ClN3O5S. The van der Waals surface area contributed by atoms with Gasteiger partial charge in [-0.3, -0.25) is 13.9 Å². The van der Waals surface area contributed by atoms with Crippen LogP contribution in [0.3, 0.4) is 0 Å². The number of nitrogens with zero attached hydrogens (tertiary/aromatic N) is 2. The molecule has 2 amide bonds. The van der Waals surface area contributed by atoms with E-state index in [4.69, 9.17) is 16.3 Å². The van der Waals surface area contributed by atoms with Gasteiger partial charge in [0.05, 0.1) is 19.1 Å². The maximum atomic E-state index is 13.3. The van der Waals surface area contributed by atoms with Gasteiger partial charge in [0, 0.05) is 36.6 Å². The lowest BCUT2D eigenvalue weighted by Crippen LogP contribution is -2.49. The number of hydrogen-bond donors (Lipinski definition) is 1. The first kappa shape index (κ1) is 28.5. The summed E-state index contributed by atoms with van der Waals surface area (Å²) < 4.78 is 31.3. The van der Waals surface area contributed by atoms with Gasteiger partial charge in [-0.05, 0) is 57.0 Å². The Kier molecular flexibility index (Phi) is 10.4. The lowest BCUT2D eigenvalue weighted by molar-refractivity contribution is -0.140. The van der Waals surface area contributed by atoms with E-state index in [9.17, 15) is 18.0 Å². The Morgan fingerprint density at radius 2 is 1.77 bits per heavy atom. The second-order valence-electron chi connectivity index (χ2n) is 8.63. The zero-order chi connectivity index (χ0) is 26.2.